The summed E-state index contributed by atoms with van der Waals surface area (Å²) in [5.41, 5.74) is 0.204. The van der Waals surface area contributed by atoms with Crippen LogP contribution in [-0.4, -0.2) is 23.0 Å². The SMILES string of the molecule is CC(OC(=O)Cc1c[nH]c2ccccc12)C(=O)Nc1ccccc1C(F)(F)F. The molecule has 1 atom stereocenters. The Morgan fingerprint density at radius 3 is 2.54 bits per heavy atom. The standard InChI is InChI=1S/C20H17F3N2O3/c1-12(19(27)25-17-9-5-3-7-15(17)20(21,22)23)28-18(26)10-13-11-24-16-8-4-2-6-14(13)16/h2-9,11-12,24H,10H2,1H3,(H,25,27). The Morgan fingerprint density at radius 1 is 1.11 bits per heavy atom. The molecule has 28 heavy (non-hydrogen) atoms. The number of anilines is 1. The van der Waals surface area contributed by atoms with Crippen LogP contribution in [0.4, 0.5) is 18.9 Å². The summed E-state index contributed by atoms with van der Waals surface area (Å²) in [7, 11) is 0. The van der Waals surface area contributed by atoms with E-state index in [4.69, 9.17) is 4.74 Å². The molecule has 3 aromatic rings. The number of hydrogen-bond donors (Lipinski definition) is 2. The van der Waals surface area contributed by atoms with Crippen LogP contribution in [0.15, 0.2) is 54.7 Å². The number of carbonyl (C=O) groups excluding carboxylic acids is 2. The number of carbonyl (C=O) groups is 2. The van der Waals surface area contributed by atoms with Crippen molar-refractivity contribution < 1.29 is 27.5 Å². The zero-order valence-electron chi connectivity index (χ0n) is 14.8. The number of nitrogens with one attached hydrogen (secondary N) is 2. The van der Waals surface area contributed by atoms with E-state index in [9.17, 15) is 22.8 Å². The van der Waals surface area contributed by atoms with Crippen LogP contribution in [0, 0.1) is 0 Å². The maximum atomic E-state index is 13.0. The zero-order valence-corrected chi connectivity index (χ0v) is 14.8. The number of fused-ring (bicyclic) bond motifs is 1. The lowest BCUT2D eigenvalue weighted by atomic mass is 10.1. The molecule has 0 radical (unpaired) electrons. The summed E-state index contributed by atoms with van der Waals surface area (Å²) in [6, 6.07) is 12.0. The van der Waals surface area contributed by atoms with Crippen LogP contribution in [-0.2, 0) is 26.9 Å². The van der Waals surface area contributed by atoms with Crippen LogP contribution in [0.5, 0.6) is 0 Å². The first kappa shape index (κ1) is 19.5. The van der Waals surface area contributed by atoms with Gasteiger partial charge in [0.1, 0.15) is 0 Å². The smallest absolute Gasteiger partial charge is 0.418 e. The Hall–Kier alpha value is -3.29. The number of esters is 1. The largest absolute Gasteiger partial charge is 0.452 e. The molecule has 2 N–H and O–H groups in total. The highest BCUT2D eigenvalue weighted by molar-refractivity contribution is 5.96. The minimum Gasteiger partial charge on any atom is -0.452 e. The third kappa shape index (κ3) is 4.33. The third-order valence-corrected chi connectivity index (χ3v) is 4.18. The van der Waals surface area contributed by atoms with Crippen molar-refractivity contribution in [2.75, 3.05) is 5.32 Å². The second-order valence-electron chi connectivity index (χ2n) is 6.20. The van der Waals surface area contributed by atoms with E-state index in [1.807, 2.05) is 24.3 Å². The molecule has 1 amide bonds. The van der Waals surface area contributed by atoms with E-state index in [1.165, 1.54) is 19.1 Å². The van der Waals surface area contributed by atoms with E-state index in [2.05, 4.69) is 10.3 Å². The van der Waals surface area contributed by atoms with E-state index in [-0.39, 0.29) is 12.1 Å². The molecule has 8 heteroatoms. The summed E-state index contributed by atoms with van der Waals surface area (Å²) in [5.74, 6) is -1.50. The minimum atomic E-state index is -4.61. The second kappa shape index (κ2) is 7.75. The van der Waals surface area contributed by atoms with E-state index in [0.29, 0.717) is 5.56 Å². The van der Waals surface area contributed by atoms with Gasteiger partial charge in [0.05, 0.1) is 17.7 Å². The second-order valence-corrected chi connectivity index (χ2v) is 6.20. The zero-order chi connectivity index (χ0) is 20.3. The van der Waals surface area contributed by atoms with Crippen molar-refractivity contribution in [1.82, 2.24) is 4.98 Å². The lowest BCUT2D eigenvalue weighted by Crippen LogP contribution is -2.31. The Balaban J connectivity index is 1.64. The molecule has 0 aliphatic heterocycles. The number of amides is 1. The molecule has 2 aromatic carbocycles. The summed E-state index contributed by atoms with van der Waals surface area (Å²) in [5, 5.41) is 3.03. The van der Waals surface area contributed by atoms with Crippen LogP contribution < -0.4 is 5.32 Å². The first-order valence-electron chi connectivity index (χ1n) is 8.47. The average molecular weight is 390 g/mol. The first-order valence-corrected chi connectivity index (χ1v) is 8.47. The van der Waals surface area contributed by atoms with Gasteiger partial charge >= 0.3 is 12.1 Å². The molecular weight excluding hydrogens is 373 g/mol. The topological polar surface area (TPSA) is 71.2 Å². The van der Waals surface area contributed by atoms with E-state index < -0.39 is 29.7 Å². The van der Waals surface area contributed by atoms with Crippen molar-refractivity contribution in [1.29, 1.82) is 0 Å². The van der Waals surface area contributed by atoms with E-state index in [0.717, 1.165) is 23.0 Å². The molecule has 0 aliphatic rings. The minimum absolute atomic E-state index is 0.0687. The van der Waals surface area contributed by atoms with Gasteiger partial charge in [0, 0.05) is 17.1 Å². The fourth-order valence-electron chi connectivity index (χ4n) is 2.80. The van der Waals surface area contributed by atoms with Gasteiger partial charge in [-0.15, -0.1) is 0 Å². The molecule has 0 saturated heterocycles. The van der Waals surface area contributed by atoms with Gasteiger partial charge in [0.25, 0.3) is 5.91 Å². The molecule has 1 aromatic heterocycles. The van der Waals surface area contributed by atoms with Crippen molar-refractivity contribution in [3.63, 3.8) is 0 Å². The highest BCUT2D eigenvalue weighted by Gasteiger charge is 2.34. The van der Waals surface area contributed by atoms with Crippen molar-refractivity contribution >= 4 is 28.5 Å². The summed E-state index contributed by atoms with van der Waals surface area (Å²) >= 11 is 0. The number of hydrogen-bond acceptors (Lipinski definition) is 3. The highest BCUT2D eigenvalue weighted by atomic mass is 19.4. The van der Waals surface area contributed by atoms with Gasteiger partial charge in [-0.1, -0.05) is 30.3 Å². The molecule has 0 bridgehead atoms. The summed E-state index contributed by atoms with van der Waals surface area (Å²) in [6.45, 7) is 1.30. The maximum Gasteiger partial charge on any atom is 0.418 e. The average Bonchev–Trinajstić information content (AvgIpc) is 3.04. The molecule has 3 rings (SSSR count). The van der Waals surface area contributed by atoms with Gasteiger partial charge in [-0.25, -0.2) is 0 Å². The van der Waals surface area contributed by atoms with Crippen LogP contribution >= 0.6 is 0 Å². The van der Waals surface area contributed by atoms with Crippen molar-refractivity contribution in [2.24, 2.45) is 0 Å². The Labute approximate surface area is 158 Å². The molecule has 0 fully saturated rings. The molecule has 0 saturated carbocycles. The first-order chi connectivity index (χ1) is 13.3. The predicted octanol–water partition coefficient (Wildman–Crippen LogP) is 4.30. The van der Waals surface area contributed by atoms with Gasteiger partial charge in [-0.05, 0) is 30.7 Å². The monoisotopic (exact) mass is 390 g/mol. The number of alkyl halides is 3. The number of benzene rings is 2. The summed E-state index contributed by atoms with van der Waals surface area (Å²) in [4.78, 5) is 27.4. The molecule has 0 spiro atoms. The fourth-order valence-corrected chi connectivity index (χ4v) is 2.80. The molecule has 5 nitrogen and oxygen atoms in total. The van der Waals surface area contributed by atoms with Crippen LogP contribution in [0.1, 0.15) is 18.1 Å². The fraction of sp³-hybridized carbons (Fsp3) is 0.200. The Bertz CT molecular complexity index is 1010. The number of ether oxygens (including phenoxy) is 1. The van der Waals surface area contributed by atoms with Crippen LogP contribution in [0.3, 0.4) is 0 Å². The number of halogens is 3. The number of para-hydroxylation sites is 2. The van der Waals surface area contributed by atoms with Gasteiger partial charge in [-0.2, -0.15) is 13.2 Å². The molecule has 1 unspecified atom stereocenters. The van der Waals surface area contributed by atoms with Crippen LogP contribution in [0.2, 0.25) is 0 Å². The number of H-pyrrole nitrogens is 1. The Kier molecular flexibility index (Phi) is 5.39. The van der Waals surface area contributed by atoms with Gasteiger partial charge < -0.3 is 15.0 Å². The maximum absolute atomic E-state index is 13.0. The van der Waals surface area contributed by atoms with E-state index in [1.54, 1.807) is 6.20 Å². The predicted molar refractivity (Wildman–Crippen MR) is 97.6 cm³/mol. The van der Waals surface area contributed by atoms with Crippen LogP contribution in [0.25, 0.3) is 10.9 Å². The van der Waals surface area contributed by atoms with Crippen molar-refractivity contribution in [3.05, 3.63) is 65.9 Å². The molecule has 1 heterocycles. The third-order valence-electron chi connectivity index (χ3n) is 4.18. The van der Waals surface area contributed by atoms with Crippen molar-refractivity contribution in [3.8, 4) is 0 Å². The number of aromatic amines is 1. The quantitative estimate of drug-likeness (QED) is 0.638. The normalized spacial score (nSPS) is 12.6. The Morgan fingerprint density at radius 2 is 1.79 bits per heavy atom. The van der Waals surface area contributed by atoms with Gasteiger partial charge in [0.15, 0.2) is 6.10 Å². The van der Waals surface area contributed by atoms with E-state index >= 15 is 0 Å². The molecule has 146 valence electrons. The van der Waals surface area contributed by atoms with Gasteiger partial charge in [-0.3, -0.25) is 9.59 Å². The molecular formula is C20H17F3N2O3. The van der Waals surface area contributed by atoms with Crippen molar-refractivity contribution in [2.45, 2.75) is 25.6 Å². The highest BCUT2D eigenvalue weighted by Crippen LogP contribution is 2.34. The lowest BCUT2D eigenvalue weighted by Gasteiger charge is -2.16. The molecule has 0 aliphatic carbocycles. The lowest BCUT2D eigenvalue weighted by molar-refractivity contribution is -0.152. The summed E-state index contributed by atoms with van der Waals surface area (Å²) in [6.07, 6.45) is -4.25. The summed E-state index contributed by atoms with van der Waals surface area (Å²) < 4.78 is 44.1. The number of aromatic nitrogens is 1. The van der Waals surface area contributed by atoms with Gasteiger partial charge in [0.2, 0.25) is 0 Å². The number of rotatable bonds is 5.